The molecule has 0 spiro atoms. The minimum atomic E-state index is -0.815. The summed E-state index contributed by atoms with van der Waals surface area (Å²) in [4.78, 5) is 21.5. The van der Waals surface area contributed by atoms with E-state index in [0.29, 0.717) is 13.0 Å². The molecule has 106 valence electrons. The number of nitriles is 1. The van der Waals surface area contributed by atoms with Gasteiger partial charge in [-0.1, -0.05) is 6.07 Å². The van der Waals surface area contributed by atoms with Gasteiger partial charge in [0.25, 0.3) is 5.91 Å². The van der Waals surface area contributed by atoms with Gasteiger partial charge in [0.15, 0.2) is 0 Å². The highest BCUT2D eigenvalue weighted by Crippen LogP contribution is 2.35. The number of carbonyl (C=O) groups is 1. The zero-order valence-electron chi connectivity index (χ0n) is 11.5. The molecule has 1 atom stereocenters. The number of pyridine rings is 1. The standard InChI is InChI=1S/C14H16FN3O2/c1-14(2,6-7-16)13(19)18-11(5-8-20-18)10-3-4-12(15)17-9-10/h3-4,9,11H,5-6,8H2,1-2H3/t11-/m0/s1. The van der Waals surface area contributed by atoms with Crippen LogP contribution in [0.5, 0.6) is 0 Å². The summed E-state index contributed by atoms with van der Waals surface area (Å²) >= 11 is 0. The summed E-state index contributed by atoms with van der Waals surface area (Å²) in [6, 6.07) is 4.58. The minimum absolute atomic E-state index is 0.111. The van der Waals surface area contributed by atoms with Gasteiger partial charge >= 0.3 is 0 Å². The summed E-state index contributed by atoms with van der Waals surface area (Å²) in [5.74, 6) is -0.804. The number of halogens is 1. The van der Waals surface area contributed by atoms with Crippen LogP contribution in [0.25, 0.3) is 0 Å². The first-order valence-corrected chi connectivity index (χ1v) is 6.40. The second-order valence-electron chi connectivity index (χ2n) is 5.40. The van der Waals surface area contributed by atoms with E-state index < -0.39 is 11.4 Å². The molecule has 1 amide bonds. The van der Waals surface area contributed by atoms with Crippen LogP contribution in [0.1, 0.15) is 38.3 Å². The molecule has 0 radical (unpaired) electrons. The second-order valence-corrected chi connectivity index (χ2v) is 5.40. The van der Waals surface area contributed by atoms with Crippen LogP contribution in [0.2, 0.25) is 0 Å². The average molecular weight is 277 g/mol. The number of aromatic nitrogens is 1. The number of hydrogen-bond donors (Lipinski definition) is 0. The maximum Gasteiger partial charge on any atom is 0.253 e. The van der Waals surface area contributed by atoms with E-state index in [2.05, 4.69) is 4.98 Å². The highest BCUT2D eigenvalue weighted by molar-refractivity contribution is 5.81. The lowest BCUT2D eigenvalue weighted by Crippen LogP contribution is -2.39. The lowest BCUT2D eigenvalue weighted by Gasteiger charge is -2.30. The van der Waals surface area contributed by atoms with E-state index in [1.807, 2.05) is 6.07 Å². The van der Waals surface area contributed by atoms with E-state index in [9.17, 15) is 9.18 Å². The predicted octanol–water partition coefficient (Wildman–Crippen LogP) is 2.37. The molecule has 6 heteroatoms. The van der Waals surface area contributed by atoms with Gasteiger partial charge in [0.05, 0.1) is 24.1 Å². The molecule has 2 heterocycles. The molecule has 0 aromatic carbocycles. The van der Waals surface area contributed by atoms with Gasteiger partial charge < -0.3 is 0 Å². The predicted molar refractivity (Wildman–Crippen MR) is 68.4 cm³/mol. The van der Waals surface area contributed by atoms with Crippen LogP contribution in [0.4, 0.5) is 4.39 Å². The first-order valence-electron chi connectivity index (χ1n) is 6.40. The second kappa shape index (κ2) is 5.55. The molecule has 1 aromatic rings. The van der Waals surface area contributed by atoms with Gasteiger partial charge in [0, 0.05) is 19.0 Å². The summed E-state index contributed by atoms with van der Waals surface area (Å²) in [6.45, 7) is 3.83. The van der Waals surface area contributed by atoms with E-state index in [1.165, 1.54) is 17.3 Å². The summed E-state index contributed by atoms with van der Waals surface area (Å²) in [5, 5.41) is 10.1. The summed E-state index contributed by atoms with van der Waals surface area (Å²) in [7, 11) is 0. The zero-order chi connectivity index (χ0) is 14.8. The fourth-order valence-electron chi connectivity index (χ4n) is 2.13. The lowest BCUT2D eigenvalue weighted by molar-refractivity contribution is -0.186. The van der Waals surface area contributed by atoms with E-state index in [1.54, 1.807) is 19.9 Å². The van der Waals surface area contributed by atoms with Crippen LogP contribution in [-0.2, 0) is 9.63 Å². The van der Waals surface area contributed by atoms with Crippen molar-refractivity contribution in [1.29, 1.82) is 5.26 Å². The number of carbonyl (C=O) groups excluding carboxylic acids is 1. The Hall–Kier alpha value is -2.00. The van der Waals surface area contributed by atoms with Crippen LogP contribution < -0.4 is 0 Å². The molecule has 1 aromatic heterocycles. The third kappa shape index (κ3) is 2.78. The molecule has 1 saturated heterocycles. The fraction of sp³-hybridized carbons (Fsp3) is 0.500. The lowest BCUT2D eigenvalue weighted by atomic mass is 9.88. The molecular weight excluding hydrogens is 261 g/mol. The number of rotatable bonds is 3. The smallest absolute Gasteiger partial charge is 0.253 e. The summed E-state index contributed by atoms with van der Waals surface area (Å²) in [5.41, 5.74) is -0.0878. The van der Waals surface area contributed by atoms with Crippen LogP contribution >= 0.6 is 0 Å². The Kier molecular flexibility index (Phi) is 4.00. The van der Waals surface area contributed by atoms with Gasteiger partial charge in [-0.2, -0.15) is 9.65 Å². The van der Waals surface area contributed by atoms with Gasteiger partial charge in [-0.3, -0.25) is 9.63 Å². The maximum atomic E-state index is 12.9. The van der Waals surface area contributed by atoms with Crippen LogP contribution in [0.3, 0.4) is 0 Å². The number of amides is 1. The number of nitrogens with zero attached hydrogens (tertiary/aromatic N) is 3. The Labute approximate surface area is 116 Å². The Bertz CT molecular complexity index is 536. The van der Waals surface area contributed by atoms with Crippen LogP contribution in [-0.4, -0.2) is 22.6 Å². The Morgan fingerprint density at radius 1 is 1.65 bits per heavy atom. The topological polar surface area (TPSA) is 66.2 Å². The van der Waals surface area contributed by atoms with Crippen LogP contribution in [0, 0.1) is 22.7 Å². The quantitative estimate of drug-likeness (QED) is 0.795. The largest absolute Gasteiger partial charge is 0.272 e. The molecule has 0 unspecified atom stereocenters. The van der Waals surface area contributed by atoms with Crippen molar-refractivity contribution in [2.45, 2.75) is 32.7 Å². The Balaban J connectivity index is 2.21. The van der Waals surface area contributed by atoms with Crippen molar-refractivity contribution in [2.75, 3.05) is 6.61 Å². The normalized spacial score (nSPS) is 18.9. The molecule has 20 heavy (non-hydrogen) atoms. The molecule has 2 rings (SSSR count). The van der Waals surface area contributed by atoms with Crippen molar-refractivity contribution in [3.8, 4) is 6.07 Å². The van der Waals surface area contributed by atoms with E-state index in [0.717, 1.165) is 5.56 Å². The highest BCUT2D eigenvalue weighted by atomic mass is 19.1. The monoisotopic (exact) mass is 277 g/mol. The molecule has 5 nitrogen and oxygen atoms in total. The minimum Gasteiger partial charge on any atom is -0.272 e. The Morgan fingerprint density at radius 2 is 2.40 bits per heavy atom. The average Bonchev–Trinajstić information content (AvgIpc) is 2.87. The molecule has 1 fully saturated rings. The van der Waals surface area contributed by atoms with Crippen molar-refractivity contribution in [2.24, 2.45) is 5.41 Å². The molecule has 1 aliphatic heterocycles. The first-order chi connectivity index (χ1) is 9.45. The van der Waals surface area contributed by atoms with E-state index >= 15 is 0 Å². The SMILES string of the molecule is CC(C)(CC#N)C(=O)N1OCC[C@H]1c1ccc(F)nc1. The van der Waals surface area contributed by atoms with Gasteiger partial charge in [-0.05, 0) is 25.5 Å². The van der Waals surface area contributed by atoms with Gasteiger partial charge in [0.2, 0.25) is 5.95 Å². The van der Waals surface area contributed by atoms with E-state index in [-0.39, 0.29) is 18.4 Å². The molecule has 1 aliphatic rings. The van der Waals surface area contributed by atoms with Crippen molar-refractivity contribution in [1.82, 2.24) is 10.0 Å². The van der Waals surface area contributed by atoms with E-state index in [4.69, 9.17) is 10.1 Å². The third-order valence-electron chi connectivity index (χ3n) is 3.34. The Morgan fingerprint density at radius 3 is 3.00 bits per heavy atom. The van der Waals surface area contributed by atoms with Gasteiger partial charge in [0.1, 0.15) is 0 Å². The van der Waals surface area contributed by atoms with Crippen molar-refractivity contribution >= 4 is 5.91 Å². The maximum absolute atomic E-state index is 12.9. The third-order valence-corrected chi connectivity index (χ3v) is 3.34. The first kappa shape index (κ1) is 14.4. The fourth-order valence-corrected chi connectivity index (χ4v) is 2.13. The summed E-state index contributed by atoms with van der Waals surface area (Å²) in [6.07, 6.45) is 2.15. The highest BCUT2D eigenvalue weighted by Gasteiger charge is 2.39. The molecule has 0 saturated carbocycles. The number of hydroxylamine groups is 2. The van der Waals surface area contributed by atoms with Crippen LogP contribution in [0.15, 0.2) is 18.3 Å². The van der Waals surface area contributed by atoms with Crippen molar-refractivity contribution in [3.05, 3.63) is 29.8 Å². The summed E-state index contributed by atoms with van der Waals surface area (Å²) < 4.78 is 12.9. The van der Waals surface area contributed by atoms with Gasteiger partial charge in [-0.25, -0.2) is 10.0 Å². The van der Waals surface area contributed by atoms with Gasteiger partial charge in [-0.15, -0.1) is 0 Å². The molecule has 0 bridgehead atoms. The van der Waals surface area contributed by atoms with Crippen molar-refractivity contribution in [3.63, 3.8) is 0 Å². The molecular formula is C14H16FN3O2. The zero-order valence-corrected chi connectivity index (χ0v) is 11.5. The molecule has 0 aliphatic carbocycles. The molecule has 0 N–H and O–H groups in total. The number of hydrogen-bond acceptors (Lipinski definition) is 4. The van der Waals surface area contributed by atoms with Crippen molar-refractivity contribution < 1.29 is 14.0 Å².